The lowest BCUT2D eigenvalue weighted by atomic mass is 9.59. The molecule has 0 bridgehead atoms. The highest BCUT2D eigenvalue weighted by Crippen LogP contribution is 2.61. The summed E-state index contributed by atoms with van der Waals surface area (Å²) in [5.74, 6) is 5.24. The van der Waals surface area contributed by atoms with Gasteiger partial charge in [-0.1, -0.05) is 64.9 Å². The molecular weight excluding hydrogens is 288 g/mol. The van der Waals surface area contributed by atoms with Gasteiger partial charge in [0.2, 0.25) is 0 Å². The average molecular weight is 331 g/mol. The molecule has 0 spiro atoms. The van der Waals surface area contributed by atoms with Gasteiger partial charge in [-0.25, -0.2) is 0 Å². The minimum Gasteiger partial charge on any atom is -0.103 e. The second-order valence-corrected chi connectivity index (χ2v) is 9.67. The maximum absolute atomic E-state index is 4.05. The first-order chi connectivity index (χ1) is 11.7. The summed E-state index contributed by atoms with van der Waals surface area (Å²) in [6.07, 6.45) is 22.9. The lowest BCUT2D eigenvalue weighted by Crippen LogP contribution is -2.38. The van der Waals surface area contributed by atoms with Gasteiger partial charge in [-0.3, -0.25) is 0 Å². The summed E-state index contributed by atoms with van der Waals surface area (Å²) in [6.45, 7) is 9.14. The predicted molar refractivity (Wildman–Crippen MR) is 106 cm³/mol. The summed E-state index contributed by atoms with van der Waals surface area (Å²) in [4.78, 5) is 0. The lowest BCUT2D eigenvalue weighted by molar-refractivity contribution is 0.0373. The minimum atomic E-state index is 0.603. The standard InChI is InChI=1S/C24H42/c1-4-6-12-19-18-23(22-16-11-10-15-21(19)22)24(3,17-7-5-2)20-13-8-9-14-20/h5,19-23H,2,4,6-18H2,1,3H3. The molecule has 3 saturated carbocycles. The molecule has 0 amide bonds. The van der Waals surface area contributed by atoms with Crippen molar-refractivity contribution in [3.8, 4) is 0 Å². The summed E-state index contributed by atoms with van der Waals surface area (Å²) in [7, 11) is 0. The predicted octanol–water partition coefficient (Wildman–Crippen LogP) is 7.78. The first kappa shape index (κ1) is 18.5. The molecule has 5 unspecified atom stereocenters. The van der Waals surface area contributed by atoms with Gasteiger partial charge in [0, 0.05) is 0 Å². The van der Waals surface area contributed by atoms with Crippen LogP contribution < -0.4 is 0 Å². The molecule has 0 aromatic rings. The molecule has 24 heavy (non-hydrogen) atoms. The largest absolute Gasteiger partial charge is 0.103 e. The van der Waals surface area contributed by atoms with Crippen molar-refractivity contribution in [3.05, 3.63) is 12.7 Å². The number of fused-ring (bicyclic) bond motifs is 1. The summed E-state index contributed by atoms with van der Waals surface area (Å²) in [6, 6.07) is 0. The fourth-order valence-electron chi connectivity index (χ4n) is 7.20. The Morgan fingerprint density at radius 1 is 1.00 bits per heavy atom. The molecule has 0 radical (unpaired) electrons. The Morgan fingerprint density at radius 3 is 2.33 bits per heavy atom. The summed E-state index contributed by atoms with van der Waals surface area (Å²) in [5.41, 5.74) is 0.603. The van der Waals surface area contributed by atoms with Crippen molar-refractivity contribution in [1.82, 2.24) is 0 Å². The Hall–Kier alpha value is -0.260. The Labute approximate surface area is 151 Å². The van der Waals surface area contributed by atoms with Gasteiger partial charge in [0.15, 0.2) is 0 Å². The monoisotopic (exact) mass is 330 g/mol. The molecule has 0 nitrogen and oxygen atoms in total. The molecule has 0 saturated heterocycles. The van der Waals surface area contributed by atoms with Crippen molar-refractivity contribution in [1.29, 1.82) is 0 Å². The van der Waals surface area contributed by atoms with E-state index >= 15 is 0 Å². The van der Waals surface area contributed by atoms with E-state index in [0.29, 0.717) is 5.41 Å². The topological polar surface area (TPSA) is 0 Å². The zero-order chi connectivity index (χ0) is 17.0. The molecule has 3 aliphatic rings. The van der Waals surface area contributed by atoms with Crippen LogP contribution >= 0.6 is 0 Å². The van der Waals surface area contributed by atoms with Crippen molar-refractivity contribution in [3.63, 3.8) is 0 Å². The van der Waals surface area contributed by atoms with Crippen LogP contribution in [0.4, 0.5) is 0 Å². The van der Waals surface area contributed by atoms with Crippen LogP contribution in [0.1, 0.15) is 104 Å². The molecule has 0 aromatic carbocycles. The van der Waals surface area contributed by atoms with Gasteiger partial charge in [-0.15, -0.1) is 6.58 Å². The van der Waals surface area contributed by atoms with E-state index in [1.165, 1.54) is 70.6 Å². The first-order valence-corrected chi connectivity index (χ1v) is 11.3. The second-order valence-electron chi connectivity index (χ2n) is 9.67. The van der Waals surface area contributed by atoms with E-state index in [9.17, 15) is 0 Å². The fourth-order valence-corrected chi connectivity index (χ4v) is 7.20. The number of allylic oxidation sites excluding steroid dienone is 1. The summed E-state index contributed by atoms with van der Waals surface area (Å²) in [5, 5.41) is 0. The number of hydrogen-bond donors (Lipinski definition) is 0. The quantitative estimate of drug-likeness (QED) is 0.398. The summed E-state index contributed by atoms with van der Waals surface area (Å²) < 4.78 is 0. The van der Waals surface area contributed by atoms with Gasteiger partial charge in [0.25, 0.3) is 0 Å². The van der Waals surface area contributed by atoms with Crippen LogP contribution in [-0.4, -0.2) is 0 Å². The van der Waals surface area contributed by atoms with Gasteiger partial charge in [-0.05, 0) is 80.0 Å². The maximum Gasteiger partial charge on any atom is -0.0263 e. The Bertz CT molecular complexity index is 391. The second kappa shape index (κ2) is 8.41. The first-order valence-electron chi connectivity index (χ1n) is 11.3. The van der Waals surface area contributed by atoms with Crippen LogP contribution in [0.25, 0.3) is 0 Å². The SMILES string of the molecule is C=CCCC(C)(C1CCCC1)C1CC(CCCC)C2CCCCC21. The third kappa shape index (κ3) is 3.63. The van der Waals surface area contributed by atoms with E-state index in [0.717, 1.165) is 29.6 Å². The number of unbranched alkanes of at least 4 members (excludes halogenated alkanes) is 1. The highest BCUT2D eigenvalue weighted by molar-refractivity contribution is 5.02. The molecule has 3 aliphatic carbocycles. The van der Waals surface area contributed by atoms with Crippen molar-refractivity contribution < 1.29 is 0 Å². The van der Waals surface area contributed by atoms with E-state index in [1.54, 1.807) is 19.3 Å². The Morgan fingerprint density at radius 2 is 1.67 bits per heavy atom. The molecule has 0 N–H and O–H groups in total. The Kier molecular flexibility index (Phi) is 6.50. The van der Waals surface area contributed by atoms with Crippen LogP contribution in [0, 0.1) is 35.0 Å². The molecule has 0 heteroatoms. The zero-order valence-corrected chi connectivity index (χ0v) is 16.6. The molecular formula is C24H42. The molecule has 3 fully saturated rings. The fraction of sp³-hybridized carbons (Fsp3) is 0.917. The maximum atomic E-state index is 4.05. The van der Waals surface area contributed by atoms with Crippen LogP contribution in [0.5, 0.6) is 0 Å². The van der Waals surface area contributed by atoms with Gasteiger partial charge >= 0.3 is 0 Å². The highest BCUT2D eigenvalue weighted by atomic mass is 14.6. The van der Waals surface area contributed by atoms with Crippen LogP contribution in [-0.2, 0) is 0 Å². The van der Waals surface area contributed by atoms with E-state index in [2.05, 4.69) is 26.5 Å². The third-order valence-electron chi connectivity index (χ3n) is 8.50. The lowest BCUT2D eigenvalue weighted by Gasteiger charge is -2.45. The molecule has 0 aliphatic heterocycles. The molecule has 138 valence electrons. The Balaban J connectivity index is 1.80. The van der Waals surface area contributed by atoms with E-state index < -0.39 is 0 Å². The molecule has 3 rings (SSSR count). The van der Waals surface area contributed by atoms with Gasteiger partial charge in [0.1, 0.15) is 0 Å². The molecule has 0 heterocycles. The van der Waals surface area contributed by atoms with Crippen molar-refractivity contribution in [2.45, 2.75) is 104 Å². The van der Waals surface area contributed by atoms with Crippen molar-refractivity contribution in [2.75, 3.05) is 0 Å². The minimum absolute atomic E-state index is 0.603. The van der Waals surface area contributed by atoms with E-state index in [-0.39, 0.29) is 0 Å². The normalized spacial score (nSPS) is 36.4. The van der Waals surface area contributed by atoms with E-state index in [1.807, 2.05) is 0 Å². The smallest absolute Gasteiger partial charge is 0.0263 e. The van der Waals surface area contributed by atoms with Gasteiger partial charge < -0.3 is 0 Å². The number of rotatable bonds is 8. The van der Waals surface area contributed by atoms with E-state index in [4.69, 9.17) is 0 Å². The van der Waals surface area contributed by atoms with Crippen LogP contribution in [0.15, 0.2) is 12.7 Å². The third-order valence-corrected chi connectivity index (χ3v) is 8.50. The molecule has 0 aromatic heterocycles. The van der Waals surface area contributed by atoms with Crippen molar-refractivity contribution in [2.24, 2.45) is 35.0 Å². The summed E-state index contributed by atoms with van der Waals surface area (Å²) >= 11 is 0. The van der Waals surface area contributed by atoms with Gasteiger partial charge in [-0.2, -0.15) is 0 Å². The van der Waals surface area contributed by atoms with Gasteiger partial charge in [0.05, 0.1) is 0 Å². The van der Waals surface area contributed by atoms with Crippen molar-refractivity contribution >= 4 is 0 Å². The number of hydrogen-bond acceptors (Lipinski definition) is 0. The zero-order valence-electron chi connectivity index (χ0n) is 16.6. The molecule has 5 atom stereocenters. The highest BCUT2D eigenvalue weighted by Gasteiger charge is 2.52. The average Bonchev–Trinajstić information content (AvgIpc) is 3.26. The van der Waals surface area contributed by atoms with Crippen LogP contribution in [0.3, 0.4) is 0 Å². The van der Waals surface area contributed by atoms with Crippen LogP contribution in [0.2, 0.25) is 0 Å².